The summed E-state index contributed by atoms with van der Waals surface area (Å²) in [5.41, 5.74) is 1.70. The van der Waals surface area contributed by atoms with Crippen LogP contribution in [0, 0.1) is 11.8 Å². The third kappa shape index (κ3) is 7.15. The number of benzene rings is 1. The maximum atomic E-state index is 11.3. The number of carboxylic acid groups (broad SMARTS) is 1. The first-order chi connectivity index (χ1) is 17.5. The third-order valence-corrected chi connectivity index (χ3v) is 8.05. The maximum absolute atomic E-state index is 11.3. The molecule has 0 saturated carbocycles. The van der Waals surface area contributed by atoms with Gasteiger partial charge in [0.2, 0.25) is 0 Å². The summed E-state index contributed by atoms with van der Waals surface area (Å²) in [5.74, 6) is 1.66. The van der Waals surface area contributed by atoms with Crippen molar-refractivity contribution < 1.29 is 19.7 Å². The van der Waals surface area contributed by atoms with E-state index in [1.165, 1.54) is 0 Å². The molecule has 0 bridgehead atoms. The minimum Gasteiger partial charge on any atom is -0.497 e. The lowest BCUT2D eigenvalue weighted by molar-refractivity contribution is -0.137. The number of methoxy groups -OCH3 is 1. The van der Waals surface area contributed by atoms with E-state index in [9.17, 15) is 15.0 Å². The Labute approximate surface area is 216 Å². The highest BCUT2D eigenvalue weighted by molar-refractivity contribution is 7.99. The van der Waals surface area contributed by atoms with Gasteiger partial charge in [-0.1, -0.05) is 0 Å². The van der Waals surface area contributed by atoms with Gasteiger partial charge in [-0.25, -0.2) is 0 Å². The van der Waals surface area contributed by atoms with E-state index in [0.29, 0.717) is 24.7 Å². The molecule has 1 aliphatic heterocycles. The molecule has 0 amide bonds. The number of rotatable bonds is 12. The zero-order valence-corrected chi connectivity index (χ0v) is 21.4. The van der Waals surface area contributed by atoms with Crippen molar-refractivity contribution in [1.29, 1.82) is 0 Å². The second kappa shape index (κ2) is 13.0. The monoisotopic (exact) mass is 510 g/mol. The number of aliphatic hydroxyl groups is 1. The largest absolute Gasteiger partial charge is 0.497 e. The number of likely N-dealkylation sites (tertiary alicyclic amines) is 1. The number of pyridine rings is 1. The minimum atomic E-state index is -0.746. The summed E-state index contributed by atoms with van der Waals surface area (Å²) in [6.45, 7) is 2.85. The standard InChI is InChI=1S/C27H34N4O4S/c1-35-21-4-5-25-24(16-21)23(9-11-28-25)26(32)6-2-19-10-13-31(18-20(19)3-7-27(33)34)14-15-36-22-8-12-29-30-17-22/h4-5,8-9,11-12,16-17,19-20,26,32H,2-3,6-7,10,13-15,18H2,1H3,(H,33,34)/t19-,20-,26-/m1/s1. The Kier molecular flexibility index (Phi) is 9.49. The molecule has 2 aromatic heterocycles. The van der Waals surface area contributed by atoms with Gasteiger partial charge in [0.05, 0.1) is 31.1 Å². The summed E-state index contributed by atoms with van der Waals surface area (Å²) < 4.78 is 5.37. The predicted molar refractivity (Wildman–Crippen MR) is 140 cm³/mol. The molecule has 0 spiro atoms. The van der Waals surface area contributed by atoms with Gasteiger partial charge in [-0.15, -0.1) is 11.8 Å². The van der Waals surface area contributed by atoms with Gasteiger partial charge in [-0.2, -0.15) is 10.2 Å². The lowest BCUT2D eigenvalue weighted by Gasteiger charge is -2.39. The molecule has 0 aliphatic carbocycles. The van der Waals surface area contributed by atoms with Gasteiger partial charge in [0.25, 0.3) is 0 Å². The smallest absolute Gasteiger partial charge is 0.303 e. The number of carboxylic acids is 1. The third-order valence-electron chi connectivity index (χ3n) is 7.09. The van der Waals surface area contributed by atoms with Crippen LogP contribution in [0.5, 0.6) is 5.75 Å². The lowest BCUT2D eigenvalue weighted by atomic mass is 9.79. The molecule has 1 aromatic carbocycles. The Bertz CT molecular complexity index is 1130. The zero-order chi connectivity index (χ0) is 25.3. The number of hydrogen-bond donors (Lipinski definition) is 2. The summed E-state index contributed by atoms with van der Waals surface area (Å²) in [4.78, 5) is 19.3. The molecule has 1 saturated heterocycles. The van der Waals surface area contributed by atoms with Gasteiger partial charge >= 0.3 is 5.97 Å². The Morgan fingerprint density at radius 1 is 1.19 bits per heavy atom. The van der Waals surface area contributed by atoms with Crippen molar-refractivity contribution in [2.75, 3.05) is 32.5 Å². The number of nitrogens with zero attached hydrogens (tertiary/aromatic N) is 4. The Hall–Kier alpha value is -2.75. The number of hydrogen-bond acceptors (Lipinski definition) is 8. The van der Waals surface area contributed by atoms with E-state index >= 15 is 0 Å². The van der Waals surface area contributed by atoms with Crippen LogP contribution in [0.15, 0.2) is 53.8 Å². The van der Waals surface area contributed by atoms with Crippen LogP contribution in [-0.2, 0) is 4.79 Å². The normalized spacial score (nSPS) is 19.3. The Morgan fingerprint density at radius 2 is 2.08 bits per heavy atom. The fourth-order valence-corrected chi connectivity index (χ4v) is 5.99. The fraction of sp³-hybridized carbons (Fsp3) is 0.481. The SMILES string of the molecule is COc1ccc2nccc([C@H](O)CC[C@@H]3CCN(CCSc4ccnnc4)C[C@H]3CCC(=O)O)c2c1. The molecule has 4 rings (SSSR count). The van der Waals surface area contributed by atoms with Crippen molar-refractivity contribution in [3.8, 4) is 5.75 Å². The number of ether oxygens (including phenoxy) is 1. The highest BCUT2D eigenvalue weighted by Gasteiger charge is 2.30. The molecule has 0 radical (unpaired) electrons. The summed E-state index contributed by atoms with van der Waals surface area (Å²) in [5, 5.41) is 29.0. The fourth-order valence-electron chi connectivity index (χ4n) is 5.12. The molecule has 36 heavy (non-hydrogen) atoms. The van der Waals surface area contributed by atoms with Crippen LogP contribution in [0.1, 0.15) is 43.8 Å². The van der Waals surface area contributed by atoms with Crippen molar-refractivity contribution in [1.82, 2.24) is 20.1 Å². The molecule has 3 aromatic rings. The lowest BCUT2D eigenvalue weighted by Crippen LogP contribution is -2.41. The molecule has 1 aliphatic rings. The van der Waals surface area contributed by atoms with Gasteiger partial charge in [0.1, 0.15) is 5.75 Å². The summed E-state index contributed by atoms with van der Waals surface area (Å²) in [6.07, 6.45) is 7.99. The van der Waals surface area contributed by atoms with Crippen molar-refractivity contribution in [2.24, 2.45) is 11.8 Å². The van der Waals surface area contributed by atoms with E-state index in [0.717, 1.165) is 65.3 Å². The van der Waals surface area contributed by atoms with E-state index in [4.69, 9.17) is 4.74 Å². The summed E-state index contributed by atoms with van der Waals surface area (Å²) >= 11 is 1.76. The van der Waals surface area contributed by atoms with Crippen LogP contribution in [0.2, 0.25) is 0 Å². The van der Waals surface area contributed by atoms with Gasteiger partial charge in [-0.3, -0.25) is 9.78 Å². The highest BCUT2D eigenvalue weighted by Crippen LogP contribution is 2.35. The Balaban J connectivity index is 1.35. The number of aliphatic carboxylic acids is 1. The number of piperidine rings is 1. The number of aliphatic hydroxyl groups excluding tert-OH is 1. The van der Waals surface area contributed by atoms with Crippen LogP contribution in [0.3, 0.4) is 0 Å². The second-order valence-corrected chi connectivity index (χ2v) is 10.5. The molecule has 2 N–H and O–H groups in total. The molecule has 0 unspecified atom stereocenters. The topological polar surface area (TPSA) is 109 Å². The first-order valence-electron chi connectivity index (χ1n) is 12.5. The van der Waals surface area contributed by atoms with Crippen molar-refractivity contribution in [3.05, 3.63) is 54.5 Å². The van der Waals surface area contributed by atoms with Crippen LogP contribution in [0.4, 0.5) is 0 Å². The molecule has 3 heterocycles. The van der Waals surface area contributed by atoms with Gasteiger partial charge in [0.15, 0.2) is 0 Å². The average molecular weight is 511 g/mol. The average Bonchev–Trinajstić information content (AvgIpc) is 2.91. The van der Waals surface area contributed by atoms with Gasteiger partial charge in [-0.05, 0) is 80.0 Å². The summed E-state index contributed by atoms with van der Waals surface area (Å²) in [7, 11) is 1.63. The molecule has 192 valence electrons. The number of carbonyl (C=O) groups is 1. The molecule has 9 heteroatoms. The minimum absolute atomic E-state index is 0.184. The highest BCUT2D eigenvalue weighted by atomic mass is 32.2. The molecular weight excluding hydrogens is 476 g/mol. The second-order valence-electron chi connectivity index (χ2n) is 9.34. The van der Waals surface area contributed by atoms with Crippen molar-refractivity contribution in [2.45, 2.75) is 43.1 Å². The first kappa shape index (κ1) is 26.3. The van der Waals surface area contributed by atoms with E-state index in [2.05, 4.69) is 20.1 Å². The van der Waals surface area contributed by atoms with Crippen LogP contribution in [-0.4, -0.2) is 68.8 Å². The number of thioether (sulfide) groups is 1. The summed E-state index contributed by atoms with van der Waals surface area (Å²) in [6, 6.07) is 9.55. The Morgan fingerprint density at radius 3 is 2.86 bits per heavy atom. The van der Waals surface area contributed by atoms with Gasteiger partial charge < -0.3 is 19.8 Å². The van der Waals surface area contributed by atoms with Gasteiger partial charge in [0, 0.05) is 41.7 Å². The van der Waals surface area contributed by atoms with Crippen LogP contribution < -0.4 is 4.74 Å². The van der Waals surface area contributed by atoms with Crippen LogP contribution >= 0.6 is 11.8 Å². The first-order valence-corrected chi connectivity index (χ1v) is 13.5. The quantitative estimate of drug-likeness (QED) is 0.342. The zero-order valence-electron chi connectivity index (χ0n) is 20.6. The van der Waals surface area contributed by atoms with E-state index < -0.39 is 12.1 Å². The molecule has 8 nitrogen and oxygen atoms in total. The number of fused-ring (bicyclic) bond motifs is 1. The van der Waals surface area contributed by atoms with Crippen molar-refractivity contribution >= 4 is 28.6 Å². The molecular formula is C27H34N4O4S. The van der Waals surface area contributed by atoms with Crippen LogP contribution in [0.25, 0.3) is 10.9 Å². The van der Waals surface area contributed by atoms with Crippen molar-refractivity contribution in [3.63, 3.8) is 0 Å². The predicted octanol–water partition coefficient (Wildman–Crippen LogP) is 4.44. The maximum Gasteiger partial charge on any atom is 0.303 e. The van der Waals surface area contributed by atoms with E-state index in [1.54, 1.807) is 37.5 Å². The molecule has 3 atom stereocenters. The van der Waals surface area contributed by atoms with E-state index in [-0.39, 0.29) is 6.42 Å². The van der Waals surface area contributed by atoms with E-state index in [1.807, 2.05) is 30.3 Å². The molecule has 1 fully saturated rings. The number of aromatic nitrogens is 3.